The van der Waals surface area contributed by atoms with Crippen LogP contribution in [0.3, 0.4) is 0 Å². The third kappa shape index (κ3) is 3.34. The molecule has 0 bridgehead atoms. The molecule has 30 heavy (non-hydrogen) atoms. The summed E-state index contributed by atoms with van der Waals surface area (Å²) >= 11 is 0. The van der Waals surface area contributed by atoms with E-state index in [-0.39, 0.29) is 17.6 Å². The Labute approximate surface area is 173 Å². The van der Waals surface area contributed by atoms with Crippen molar-refractivity contribution in [1.82, 2.24) is 14.9 Å². The first-order valence-corrected chi connectivity index (χ1v) is 10.3. The van der Waals surface area contributed by atoms with Crippen LogP contribution in [0, 0.1) is 5.82 Å². The number of hydrogen-bond acceptors (Lipinski definition) is 4. The number of nitrogens with zero attached hydrogens (tertiary/aromatic N) is 3. The normalized spacial score (nSPS) is 24.0. The third-order valence-electron chi connectivity index (χ3n) is 5.98. The summed E-state index contributed by atoms with van der Waals surface area (Å²) in [5.41, 5.74) is 2.11. The molecule has 3 heterocycles. The highest BCUT2D eigenvalue weighted by atomic mass is 19.1. The van der Waals surface area contributed by atoms with Gasteiger partial charge in [0.25, 0.3) is 5.91 Å². The number of piperidine rings is 1. The Hall–Kier alpha value is -3.22. The van der Waals surface area contributed by atoms with Crippen molar-refractivity contribution in [3.63, 3.8) is 0 Å². The molecule has 3 aromatic rings. The van der Waals surface area contributed by atoms with E-state index in [1.54, 1.807) is 19.1 Å². The summed E-state index contributed by atoms with van der Waals surface area (Å²) in [6.45, 7) is 3.03. The lowest BCUT2D eigenvalue weighted by Crippen LogP contribution is -2.50. The van der Waals surface area contributed by atoms with Crippen molar-refractivity contribution in [2.75, 3.05) is 13.1 Å². The Morgan fingerprint density at radius 3 is 2.97 bits per heavy atom. The lowest BCUT2D eigenvalue weighted by molar-refractivity contribution is -0.154. The van der Waals surface area contributed by atoms with Crippen molar-refractivity contribution in [2.24, 2.45) is 5.16 Å². The summed E-state index contributed by atoms with van der Waals surface area (Å²) in [5.74, 6) is 0.657. The van der Waals surface area contributed by atoms with E-state index in [9.17, 15) is 9.18 Å². The monoisotopic (exact) mass is 406 g/mol. The molecule has 0 spiro atoms. The minimum atomic E-state index is -1.07. The fourth-order valence-electron chi connectivity index (χ4n) is 4.36. The number of amides is 1. The second-order valence-electron chi connectivity index (χ2n) is 8.28. The van der Waals surface area contributed by atoms with Crippen molar-refractivity contribution in [1.29, 1.82) is 0 Å². The van der Waals surface area contributed by atoms with Crippen LogP contribution in [0.4, 0.5) is 4.39 Å². The molecule has 1 N–H and O–H groups in total. The number of carbonyl (C=O) groups is 1. The summed E-state index contributed by atoms with van der Waals surface area (Å²) in [6, 6.07) is 14.2. The maximum atomic E-state index is 13.6. The van der Waals surface area contributed by atoms with Gasteiger partial charge in [-0.2, -0.15) is 0 Å². The molecule has 1 aromatic heterocycles. The Balaban J connectivity index is 1.31. The van der Waals surface area contributed by atoms with Crippen LogP contribution in [0.25, 0.3) is 11.0 Å². The Bertz CT molecular complexity index is 1110. The predicted octanol–water partition coefficient (Wildman–Crippen LogP) is 3.99. The van der Waals surface area contributed by atoms with Gasteiger partial charge < -0.3 is 14.7 Å². The van der Waals surface area contributed by atoms with Crippen LogP contribution in [0.15, 0.2) is 53.7 Å². The fourth-order valence-corrected chi connectivity index (χ4v) is 4.36. The molecule has 2 aliphatic heterocycles. The van der Waals surface area contributed by atoms with E-state index in [2.05, 4.69) is 10.1 Å². The van der Waals surface area contributed by atoms with Crippen molar-refractivity contribution >= 4 is 22.7 Å². The molecule has 154 valence electrons. The number of carbonyl (C=O) groups excluding carboxylic acids is 1. The first kappa shape index (κ1) is 18.8. The number of para-hydroxylation sites is 2. The number of fused-ring (bicyclic) bond motifs is 1. The molecule has 1 fully saturated rings. The van der Waals surface area contributed by atoms with E-state index < -0.39 is 5.60 Å². The predicted molar refractivity (Wildman–Crippen MR) is 112 cm³/mol. The van der Waals surface area contributed by atoms with E-state index >= 15 is 0 Å². The largest absolute Gasteiger partial charge is 0.379 e. The van der Waals surface area contributed by atoms with E-state index in [1.165, 1.54) is 12.1 Å². The van der Waals surface area contributed by atoms with Crippen LogP contribution in [0.2, 0.25) is 0 Å². The molecule has 6 nitrogen and oxygen atoms in total. The van der Waals surface area contributed by atoms with Gasteiger partial charge in [-0.1, -0.05) is 29.4 Å². The smallest absolute Gasteiger partial charge is 0.269 e. The van der Waals surface area contributed by atoms with E-state index in [4.69, 9.17) is 9.82 Å². The van der Waals surface area contributed by atoms with Crippen LogP contribution in [-0.2, 0) is 9.63 Å². The standard InChI is InChI=1S/C23H23FN4O2/c1-23(13-20(27-30-23)15-6-4-8-17(24)12-15)22(29)28-11-5-7-16(14-28)21-25-18-9-2-3-10-19(18)26-21/h2-4,6,8-10,12,16H,5,7,11,13-14H2,1H3,(H,25,26). The molecule has 0 aliphatic carbocycles. The van der Waals surface area contributed by atoms with Gasteiger partial charge >= 0.3 is 0 Å². The van der Waals surface area contributed by atoms with Crippen LogP contribution in [0.5, 0.6) is 0 Å². The molecule has 2 atom stereocenters. The summed E-state index contributed by atoms with van der Waals surface area (Å²) in [4.78, 5) is 28.9. The number of imidazole rings is 1. The summed E-state index contributed by atoms with van der Waals surface area (Å²) in [7, 11) is 0. The molecule has 2 unspecified atom stereocenters. The van der Waals surface area contributed by atoms with Gasteiger partial charge in [-0.3, -0.25) is 4.79 Å². The Morgan fingerprint density at radius 1 is 1.27 bits per heavy atom. The average Bonchev–Trinajstić information content (AvgIpc) is 3.38. The lowest BCUT2D eigenvalue weighted by atomic mass is 9.91. The molecule has 2 aliphatic rings. The Morgan fingerprint density at radius 2 is 2.13 bits per heavy atom. The summed E-state index contributed by atoms with van der Waals surface area (Å²) in [6.07, 6.45) is 2.20. The summed E-state index contributed by atoms with van der Waals surface area (Å²) < 4.78 is 13.6. The van der Waals surface area contributed by atoms with Gasteiger partial charge in [0.15, 0.2) is 0 Å². The molecule has 1 amide bonds. The highest BCUT2D eigenvalue weighted by Crippen LogP contribution is 2.32. The SMILES string of the molecule is CC1(C(=O)N2CCCC(c3nc4ccccc4[nH]3)C2)CC(c2cccc(F)c2)=NO1. The van der Waals surface area contributed by atoms with Crippen molar-refractivity contribution in [3.8, 4) is 0 Å². The van der Waals surface area contributed by atoms with Gasteiger partial charge in [0, 0.05) is 31.0 Å². The summed E-state index contributed by atoms with van der Waals surface area (Å²) in [5, 5.41) is 4.11. The highest BCUT2D eigenvalue weighted by molar-refractivity contribution is 6.05. The van der Waals surface area contributed by atoms with Gasteiger partial charge in [-0.15, -0.1) is 0 Å². The lowest BCUT2D eigenvalue weighted by Gasteiger charge is -2.35. The number of H-pyrrole nitrogens is 1. The molecule has 2 aromatic carbocycles. The second-order valence-corrected chi connectivity index (χ2v) is 8.28. The number of halogens is 1. The Kier molecular flexibility index (Phi) is 4.53. The highest BCUT2D eigenvalue weighted by Gasteiger charge is 2.45. The number of rotatable bonds is 3. The van der Waals surface area contributed by atoms with E-state index in [0.29, 0.717) is 30.8 Å². The van der Waals surface area contributed by atoms with Gasteiger partial charge in [0.2, 0.25) is 5.60 Å². The van der Waals surface area contributed by atoms with Gasteiger partial charge in [0.05, 0.1) is 16.7 Å². The quantitative estimate of drug-likeness (QED) is 0.715. The minimum absolute atomic E-state index is 0.0848. The van der Waals surface area contributed by atoms with Crippen LogP contribution >= 0.6 is 0 Å². The van der Waals surface area contributed by atoms with E-state index in [0.717, 1.165) is 29.7 Å². The number of nitrogens with one attached hydrogen (secondary N) is 1. The number of likely N-dealkylation sites (tertiary alicyclic amines) is 1. The minimum Gasteiger partial charge on any atom is -0.379 e. The van der Waals surface area contributed by atoms with Crippen molar-refractivity contribution < 1.29 is 14.0 Å². The number of aromatic amines is 1. The molecule has 0 radical (unpaired) electrons. The fraction of sp³-hybridized carbons (Fsp3) is 0.348. The molecule has 7 heteroatoms. The number of aromatic nitrogens is 2. The molecular weight excluding hydrogens is 383 g/mol. The average molecular weight is 406 g/mol. The zero-order valence-corrected chi connectivity index (χ0v) is 16.8. The van der Waals surface area contributed by atoms with Crippen LogP contribution in [0.1, 0.15) is 43.5 Å². The van der Waals surface area contributed by atoms with Gasteiger partial charge in [-0.25, -0.2) is 9.37 Å². The zero-order valence-electron chi connectivity index (χ0n) is 16.8. The van der Waals surface area contributed by atoms with Crippen molar-refractivity contribution in [2.45, 2.75) is 37.7 Å². The first-order chi connectivity index (χ1) is 14.5. The zero-order chi connectivity index (χ0) is 20.7. The molecule has 1 saturated heterocycles. The van der Waals surface area contributed by atoms with Gasteiger partial charge in [-0.05, 0) is 44.0 Å². The maximum absolute atomic E-state index is 13.6. The number of hydrogen-bond donors (Lipinski definition) is 1. The van der Waals surface area contributed by atoms with Crippen molar-refractivity contribution in [3.05, 3.63) is 65.7 Å². The number of oxime groups is 1. The van der Waals surface area contributed by atoms with Crippen LogP contribution in [-0.4, -0.2) is 45.2 Å². The second kappa shape index (κ2) is 7.23. The topological polar surface area (TPSA) is 70.6 Å². The third-order valence-corrected chi connectivity index (χ3v) is 5.98. The van der Waals surface area contributed by atoms with Crippen LogP contribution < -0.4 is 0 Å². The maximum Gasteiger partial charge on any atom is 0.269 e. The van der Waals surface area contributed by atoms with Gasteiger partial charge in [0.1, 0.15) is 11.6 Å². The first-order valence-electron chi connectivity index (χ1n) is 10.3. The molecule has 0 saturated carbocycles. The van der Waals surface area contributed by atoms with E-state index in [1.807, 2.05) is 29.2 Å². The molecular formula is C23H23FN4O2. The number of benzene rings is 2. The molecule has 5 rings (SSSR count).